The summed E-state index contributed by atoms with van der Waals surface area (Å²) in [7, 11) is 0. The number of ether oxygens (including phenoxy) is 4. The van der Waals surface area contributed by atoms with E-state index in [9.17, 15) is 14.4 Å². The Morgan fingerprint density at radius 1 is 0.733 bits per heavy atom. The van der Waals surface area contributed by atoms with Crippen molar-refractivity contribution in [1.29, 1.82) is 0 Å². The molecule has 0 heterocycles. The van der Waals surface area contributed by atoms with Crippen molar-refractivity contribution in [3.05, 3.63) is 45.4 Å². The predicted octanol–water partition coefficient (Wildman–Crippen LogP) is 4.09. The zero-order chi connectivity index (χ0) is 21.8. The molecular weight excluding hydrogens is 435 g/mol. The van der Waals surface area contributed by atoms with Gasteiger partial charge in [-0.3, -0.25) is 4.79 Å². The molecule has 2 aromatic rings. The maximum Gasteiger partial charge on any atom is 0.344 e. The van der Waals surface area contributed by atoms with Crippen molar-refractivity contribution in [1.82, 2.24) is 0 Å². The van der Waals surface area contributed by atoms with Gasteiger partial charge in [0.1, 0.15) is 11.5 Å². The first-order valence-electron chi connectivity index (χ1n) is 9.14. The zero-order valence-corrected chi connectivity index (χ0v) is 17.8. The molecule has 30 heavy (non-hydrogen) atoms. The second-order valence-electron chi connectivity index (χ2n) is 6.17. The Morgan fingerprint density at radius 3 is 1.50 bits per heavy atom. The third kappa shape index (κ3) is 4.52. The molecule has 2 aromatic carbocycles. The molecule has 0 bridgehead atoms. The third-order valence-corrected chi connectivity index (χ3v) is 4.82. The second kappa shape index (κ2) is 9.36. The number of benzene rings is 2. The predicted molar refractivity (Wildman–Crippen MR) is 110 cm³/mol. The first kappa shape index (κ1) is 21.9. The Hall–Kier alpha value is -2.77. The van der Waals surface area contributed by atoms with Gasteiger partial charge in [-0.25, -0.2) is 9.59 Å². The van der Waals surface area contributed by atoms with Crippen LogP contribution in [0.4, 0.5) is 0 Å². The first-order chi connectivity index (χ1) is 14.3. The normalized spacial score (nSPS) is 11.5. The van der Waals surface area contributed by atoms with Crippen LogP contribution in [0.15, 0.2) is 24.3 Å². The van der Waals surface area contributed by atoms with E-state index in [0.29, 0.717) is 22.3 Å². The average molecular weight is 453 g/mol. The Labute approximate surface area is 182 Å². The van der Waals surface area contributed by atoms with Gasteiger partial charge in [-0.1, -0.05) is 23.2 Å². The van der Waals surface area contributed by atoms with Gasteiger partial charge in [0.2, 0.25) is 0 Å². The molecule has 1 aliphatic carbocycles. The molecule has 7 nitrogen and oxygen atoms in total. The largest absolute Gasteiger partial charge is 0.480 e. The van der Waals surface area contributed by atoms with E-state index in [1.807, 2.05) is 0 Å². The van der Waals surface area contributed by atoms with E-state index in [4.69, 9.17) is 42.1 Å². The number of hydrogen-bond acceptors (Lipinski definition) is 7. The smallest absolute Gasteiger partial charge is 0.344 e. The van der Waals surface area contributed by atoms with Crippen molar-refractivity contribution in [2.24, 2.45) is 0 Å². The SMILES string of the molecule is CCOC(=O)COc1cc2c(cc1Cl)-c1cc(Cl)c(OCC(=O)OCC)cc1C2=O. The van der Waals surface area contributed by atoms with Gasteiger partial charge in [-0.05, 0) is 49.2 Å². The van der Waals surface area contributed by atoms with Crippen molar-refractivity contribution < 1.29 is 33.3 Å². The van der Waals surface area contributed by atoms with E-state index in [1.54, 1.807) is 26.0 Å². The van der Waals surface area contributed by atoms with Crippen molar-refractivity contribution >= 4 is 40.9 Å². The maximum atomic E-state index is 12.9. The van der Waals surface area contributed by atoms with E-state index in [0.717, 1.165) is 0 Å². The average Bonchev–Trinajstić information content (AvgIpc) is 2.95. The first-order valence-corrected chi connectivity index (χ1v) is 9.90. The molecule has 0 saturated carbocycles. The maximum absolute atomic E-state index is 12.9. The number of halogens is 2. The van der Waals surface area contributed by atoms with Crippen molar-refractivity contribution in [2.45, 2.75) is 13.8 Å². The van der Waals surface area contributed by atoms with Gasteiger partial charge in [0.05, 0.1) is 23.3 Å². The monoisotopic (exact) mass is 452 g/mol. The summed E-state index contributed by atoms with van der Waals surface area (Å²) < 4.78 is 20.4. The summed E-state index contributed by atoms with van der Waals surface area (Å²) in [5.74, 6) is -0.989. The van der Waals surface area contributed by atoms with Gasteiger partial charge < -0.3 is 18.9 Å². The van der Waals surface area contributed by atoms with Crippen molar-refractivity contribution in [2.75, 3.05) is 26.4 Å². The molecule has 0 aromatic heterocycles. The second-order valence-corrected chi connectivity index (χ2v) is 6.99. The van der Waals surface area contributed by atoms with E-state index in [2.05, 4.69) is 0 Å². The summed E-state index contributed by atoms with van der Waals surface area (Å²) in [6.45, 7) is 3.18. The Kier molecular flexibility index (Phi) is 6.84. The molecule has 9 heteroatoms. The van der Waals surface area contributed by atoms with E-state index >= 15 is 0 Å². The van der Waals surface area contributed by atoms with Gasteiger partial charge in [0, 0.05) is 11.1 Å². The molecule has 0 fully saturated rings. The lowest BCUT2D eigenvalue weighted by molar-refractivity contribution is -0.146. The number of carbonyl (C=O) groups excluding carboxylic acids is 3. The summed E-state index contributed by atoms with van der Waals surface area (Å²) in [6.07, 6.45) is 0. The lowest BCUT2D eigenvalue weighted by Crippen LogP contribution is -2.15. The summed E-state index contributed by atoms with van der Waals surface area (Å²) in [5.41, 5.74) is 1.88. The molecule has 0 N–H and O–H groups in total. The molecule has 1 aliphatic rings. The minimum absolute atomic E-state index is 0.189. The topological polar surface area (TPSA) is 88.1 Å². The highest BCUT2D eigenvalue weighted by atomic mass is 35.5. The van der Waals surface area contributed by atoms with Gasteiger partial charge in [0.15, 0.2) is 19.0 Å². The standard InChI is InChI=1S/C21H18Cl2O7/c1-3-27-19(24)9-29-17-7-13-11(5-15(17)22)12-6-16(23)18(8-14(12)21(13)26)30-10-20(25)28-4-2/h5-8H,3-4,9-10H2,1-2H3. The van der Waals surface area contributed by atoms with Gasteiger partial charge >= 0.3 is 11.9 Å². The van der Waals surface area contributed by atoms with Crippen molar-refractivity contribution in [3.63, 3.8) is 0 Å². The zero-order valence-electron chi connectivity index (χ0n) is 16.3. The van der Waals surface area contributed by atoms with E-state index in [-0.39, 0.29) is 53.8 Å². The van der Waals surface area contributed by atoms with Crippen LogP contribution in [-0.4, -0.2) is 44.1 Å². The minimum atomic E-state index is -0.543. The molecule has 0 spiro atoms. The highest BCUT2D eigenvalue weighted by Gasteiger charge is 2.30. The van der Waals surface area contributed by atoms with Crippen LogP contribution in [0, 0.1) is 0 Å². The fourth-order valence-corrected chi connectivity index (χ4v) is 3.41. The van der Waals surface area contributed by atoms with Crippen LogP contribution in [0.25, 0.3) is 11.1 Å². The molecule has 0 unspecified atom stereocenters. The highest BCUT2D eigenvalue weighted by Crippen LogP contribution is 2.44. The number of esters is 2. The van der Waals surface area contributed by atoms with E-state index in [1.165, 1.54) is 12.1 Å². The number of ketones is 1. The molecule has 3 rings (SSSR count). The van der Waals surface area contributed by atoms with Crippen LogP contribution in [0.1, 0.15) is 29.8 Å². The van der Waals surface area contributed by atoms with Crippen LogP contribution < -0.4 is 9.47 Å². The van der Waals surface area contributed by atoms with E-state index < -0.39 is 11.9 Å². The Balaban J connectivity index is 1.86. The molecule has 158 valence electrons. The van der Waals surface area contributed by atoms with Crippen LogP contribution in [0.5, 0.6) is 11.5 Å². The van der Waals surface area contributed by atoms with Crippen LogP contribution >= 0.6 is 23.2 Å². The fraction of sp³-hybridized carbons (Fsp3) is 0.286. The summed E-state index contributed by atoms with van der Waals surface area (Å²) in [5, 5.41) is 0.468. The summed E-state index contributed by atoms with van der Waals surface area (Å²) in [4.78, 5) is 35.9. The third-order valence-electron chi connectivity index (χ3n) is 4.23. The van der Waals surface area contributed by atoms with Gasteiger partial charge in [-0.2, -0.15) is 0 Å². The minimum Gasteiger partial charge on any atom is -0.480 e. The number of hydrogen-bond donors (Lipinski definition) is 0. The lowest BCUT2D eigenvalue weighted by Gasteiger charge is -2.10. The number of carbonyl (C=O) groups is 3. The number of rotatable bonds is 8. The lowest BCUT2D eigenvalue weighted by atomic mass is 10.1. The Bertz CT molecular complexity index is 937. The number of fused-ring (bicyclic) bond motifs is 3. The fourth-order valence-electron chi connectivity index (χ4n) is 2.97. The molecule has 0 amide bonds. The highest BCUT2D eigenvalue weighted by molar-refractivity contribution is 6.35. The van der Waals surface area contributed by atoms with Crippen LogP contribution in [0.2, 0.25) is 10.0 Å². The molecular formula is C21H18Cl2O7. The van der Waals surface area contributed by atoms with Gasteiger partial charge in [-0.15, -0.1) is 0 Å². The van der Waals surface area contributed by atoms with Crippen LogP contribution in [0.3, 0.4) is 0 Å². The molecule has 0 atom stereocenters. The summed E-state index contributed by atoms with van der Waals surface area (Å²) in [6, 6.07) is 6.12. The molecule has 0 aliphatic heterocycles. The molecule has 0 radical (unpaired) electrons. The van der Waals surface area contributed by atoms with Gasteiger partial charge in [0.25, 0.3) is 0 Å². The summed E-state index contributed by atoms with van der Waals surface area (Å²) >= 11 is 12.5. The quantitative estimate of drug-likeness (QED) is 0.475. The molecule has 0 saturated heterocycles. The Morgan fingerprint density at radius 2 is 1.13 bits per heavy atom. The van der Waals surface area contributed by atoms with Crippen LogP contribution in [-0.2, 0) is 19.1 Å². The van der Waals surface area contributed by atoms with Crippen molar-refractivity contribution in [3.8, 4) is 22.6 Å².